The second kappa shape index (κ2) is 7.00. The van der Waals surface area contributed by atoms with Crippen LogP contribution in [0.2, 0.25) is 0 Å². The predicted molar refractivity (Wildman–Crippen MR) is 92.2 cm³/mol. The summed E-state index contributed by atoms with van der Waals surface area (Å²) in [6.07, 6.45) is 0. The van der Waals surface area contributed by atoms with E-state index in [1.807, 2.05) is 0 Å². The minimum atomic E-state index is -0.349. The van der Waals surface area contributed by atoms with Crippen molar-refractivity contribution in [2.75, 3.05) is 17.7 Å². The lowest BCUT2D eigenvalue weighted by Crippen LogP contribution is -2.15. The third-order valence-corrected chi connectivity index (χ3v) is 3.28. The third kappa shape index (κ3) is 4.11. The van der Waals surface area contributed by atoms with Crippen molar-refractivity contribution in [3.8, 4) is 5.75 Å². The summed E-state index contributed by atoms with van der Waals surface area (Å²) in [5, 5.41) is 9.52. The first-order chi connectivity index (χ1) is 12.0. The van der Waals surface area contributed by atoms with Gasteiger partial charge in [0, 0.05) is 23.5 Å². The summed E-state index contributed by atoms with van der Waals surface area (Å²) < 4.78 is 10.1. The fourth-order valence-electron chi connectivity index (χ4n) is 2.18. The maximum Gasteiger partial charge on any atom is 0.274 e. The van der Waals surface area contributed by atoms with E-state index in [2.05, 4.69) is 25.8 Å². The van der Waals surface area contributed by atoms with Gasteiger partial charge >= 0.3 is 0 Å². The molecule has 1 aromatic carbocycles. The molecule has 0 aliphatic carbocycles. The van der Waals surface area contributed by atoms with E-state index in [1.165, 1.54) is 0 Å². The van der Waals surface area contributed by atoms with Crippen LogP contribution in [0, 0.1) is 13.8 Å². The van der Waals surface area contributed by atoms with Crippen LogP contribution >= 0.6 is 0 Å². The lowest BCUT2D eigenvalue weighted by Gasteiger charge is -2.08. The van der Waals surface area contributed by atoms with Crippen molar-refractivity contribution in [3.05, 3.63) is 53.5 Å². The number of ether oxygens (including phenoxy) is 1. The molecule has 0 aliphatic rings. The zero-order valence-electron chi connectivity index (χ0n) is 14.0. The van der Waals surface area contributed by atoms with E-state index in [1.54, 1.807) is 57.4 Å². The fraction of sp³-hybridized carbons (Fsp3) is 0.176. The zero-order valence-corrected chi connectivity index (χ0v) is 14.0. The van der Waals surface area contributed by atoms with E-state index in [-0.39, 0.29) is 17.5 Å². The van der Waals surface area contributed by atoms with Crippen LogP contribution < -0.4 is 15.4 Å². The first-order valence-electron chi connectivity index (χ1n) is 7.55. The largest absolute Gasteiger partial charge is 0.497 e. The number of carbonyl (C=O) groups is 1. The van der Waals surface area contributed by atoms with Gasteiger partial charge in [-0.15, -0.1) is 0 Å². The predicted octanol–water partition coefficient (Wildman–Crippen LogP) is 3.09. The molecular weight excluding hydrogens is 322 g/mol. The molecule has 3 rings (SSSR count). The first-order valence-corrected chi connectivity index (χ1v) is 7.55. The van der Waals surface area contributed by atoms with Crippen molar-refractivity contribution < 1.29 is 14.1 Å². The van der Waals surface area contributed by atoms with Gasteiger partial charge in [0.15, 0.2) is 5.82 Å². The van der Waals surface area contributed by atoms with Gasteiger partial charge in [-0.2, -0.15) is 0 Å². The number of carbonyl (C=O) groups excluding carboxylic acids is 1. The SMILES string of the molecule is COc1cccc(NC(=O)c2cc(C)nc(Nc3cc(C)on3)n2)c1. The highest BCUT2D eigenvalue weighted by molar-refractivity contribution is 6.03. The highest BCUT2D eigenvalue weighted by Crippen LogP contribution is 2.18. The molecule has 0 unspecified atom stereocenters. The number of aryl methyl sites for hydroxylation is 2. The number of nitrogens with one attached hydrogen (secondary N) is 2. The Hall–Kier alpha value is -3.42. The number of methoxy groups -OCH3 is 1. The van der Waals surface area contributed by atoms with E-state index < -0.39 is 0 Å². The monoisotopic (exact) mass is 339 g/mol. The number of rotatable bonds is 5. The van der Waals surface area contributed by atoms with Gasteiger partial charge in [-0.3, -0.25) is 4.79 Å². The van der Waals surface area contributed by atoms with Crippen molar-refractivity contribution in [2.45, 2.75) is 13.8 Å². The van der Waals surface area contributed by atoms with Gasteiger partial charge < -0.3 is 19.9 Å². The van der Waals surface area contributed by atoms with Crippen LogP contribution in [0.1, 0.15) is 21.9 Å². The molecule has 128 valence electrons. The summed E-state index contributed by atoms with van der Waals surface area (Å²) in [4.78, 5) is 21.0. The van der Waals surface area contributed by atoms with Crippen molar-refractivity contribution >= 4 is 23.4 Å². The molecule has 2 N–H and O–H groups in total. The highest BCUT2D eigenvalue weighted by Gasteiger charge is 2.12. The molecule has 2 aromatic heterocycles. The average molecular weight is 339 g/mol. The normalized spacial score (nSPS) is 10.4. The van der Waals surface area contributed by atoms with E-state index in [9.17, 15) is 4.79 Å². The Kier molecular flexibility index (Phi) is 4.60. The summed E-state index contributed by atoms with van der Waals surface area (Å²) in [6.45, 7) is 3.56. The van der Waals surface area contributed by atoms with Crippen molar-refractivity contribution in [1.82, 2.24) is 15.1 Å². The molecule has 8 nitrogen and oxygen atoms in total. The molecule has 0 atom stereocenters. The van der Waals surface area contributed by atoms with E-state index >= 15 is 0 Å². The van der Waals surface area contributed by atoms with Crippen LogP contribution in [-0.2, 0) is 0 Å². The Morgan fingerprint density at radius 2 is 2.00 bits per heavy atom. The van der Waals surface area contributed by atoms with Crippen LogP contribution in [0.3, 0.4) is 0 Å². The lowest BCUT2D eigenvalue weighted by atomic mass is 10.2. The van der Waals surface area contributed by atoms with Gasteiger partial charge in [-0.05, 0) is 32.0 Å². The molecule has 0 spiro atoms. The molecule has 0 fully saturated rings. The molecule has 0 saturated heterocycles. The number of hydrogen-bond acceptors (Lipinski definition) is 7. The summed E-state index contributed by atoms with van der Waals surface area (Å²) in [7, 11) is 1.57. The standard InChI is InChI=1S/C17H17N5O3/c1-10-7-14(16(23)19-12-5-4-6-13(9-12)24-3)20-17(18-10)21-15-8-11(2)25-22-15/h4-9H,1-3H3,(H,19,23)(H,18,20,21,22). The Morgan fingerprint density at radius 1 is 1.16 bits per heavy atom. The summed E-state index contributed by atoms with van der Waals surface area (Å²) >= 11 is 0. The van der Waals surface area contributed by atoms with E-state index in [0.717, 1.165) is 0 Å². The van der Waals surface area contributed by atoms with Crippen LogP contribution in [0.4, 0.5) is 17.5 Å². The van der Waals surface area contributed by atoms with Gasteiger partial charge in [0.25, 0.3) is 5.91 Å². The van der Waals surface area contributed by atoms with Gasteiger partial charge in [0.1, 0.15) is 17.2 Å². The second-order valence-corrected chi connectivity index (χ2v) is 5.35. The molecular formula is C17H17N5O3. The molecule has 2 heterocycles. The maximum absolute atomic E-state index is 12.5. The Morgan fingerprint density at radius 3 is 2.72 bits per heavy atom. The summed E-state index contributed by atoms with van der Waals surface area (Å²) in [6, 6.07) is 10.4. The minimum absolute atomic E-state index is 0.234. The highest BCUT2D eigenvalue weighted by atomic mass is 16.5. The Bertz CT molecular complexity index is 907. The quantitative estimate of drug-likeness (QED) is 0.736. The van der Waals surface area contributed by atoms with Crippen molar-refractivity contribution in [2.24, 2.45) is 0 Å². The molecule has 8 heteroatoms. The zero-order chi connectivity index (χ0) is 17.8. The Labute approximate surface area is 144 Å². The number of amides is 1. The molecule has 0 saturated carbocycles. The number of nitrogens with zero attached hydrogens (tertiary/aromatic N) is 3. The smallest absolute Gasteiger partial charge is 0.274 e. The summed E-state index contributed by atoms with van der Waals surface area (Å²) in [5.74, 6) is 1.70. The minimum Gasteiger partial charge on any atom is -0.497 e. The maximum atomic E-state index is 12.5. The third-order valence-electron chi connectivity index (χ3n) is 3.28. The van der Waals surface area contributed by atoms with Crippen molar-refractivity contribution in [1.29, 1.82) is 0 Å². The van der Waals surface area contributed by atoms with Crippen LogP contribution in [0.25, 0.3) is 0 Å². The van der Waals surface area contributed by atoms with Crippen LogP contribution in [0.15, 0.2) is 40.9 Å². The van der Waals surface area contributed by atoms with Gasteiger partial charge in [0.05, 0.1) is 7.11 Å². The van der Waals surface area contributed by atoms with Crippen LogP contribution in [0.5, 0.6) is 5.75 Å². The number of anilines is 3. The molecule has 0 bridgehead atoms. The molecule has 3 aromatic rings. The Balaban J connectivity index is 1.79. The topological polar surface area (TPSA) is 102 Å². The number of hydrogen-bond donors (Lipinski definition) is 2. The molecule has 0 aliphatic heterocycles. The van der Waals surface area contributed by atoms with Gasteiger partial charge in [-0.25, -0.2) is 9.97 Å². The van der Waals surface area contributed by atoms with Crippen LogP contribution in [-0.4, -0.2) is 28.1 Å². The average Bonchev–Trinajstić information content (AvgIpc) is 2.99. The van der Waals surface area contributed by atoms with E-state index in [0.29, 0.717) is 28.7 Å². The summed E-state index contributed by atoms with van der Waals surface area (Å²) in [5.41, 5.74) is 1.49. The number of benzene rings is 1. The van der Waals surface area contributed by atoms with Crippen molar-refractivity contribution in [3.63, 3.8) is 0 Å². The lowest BCUT2D eigenvalue weighted by molar-refractivity contribution is 0.102. The van der Waals surface area contributed by atoms with E-state index in [4.69, 9.17) is 9.26 Å². The second-order valence-electron chi connectivity index (χ2n) is 5.35. The van der Waals surface area contributed by atoms with Gasteiger partial charge in [-0.1, -0.05) is 11.2 Å². The molecule has 0 radical (unpaired) electrons. The first kappa shape index (κ1) is 16.4. The fourth-order valence-corrected chi connectivity index (χ4v) is 2.18. The van der Waals surface area contributed by atoms with Gasteiger partial charge in [0.2, 0.25) is 5.95 Å². The molecule has 1 amide bonds. The molecule has 25 heavy (non-hydrogen) atoms. The number of aromatic nitrogens is 3.